The predicted molar refractivity (Wildman–Crippen MR) is 82.2 cm³/mol. The van der Waals surface area contributed by atoms with Gasteiger partial charge < -0.3 is 9.72 Å². The molecule has 0 radical (unpaired) electrons. The fourth-order valence-corrected chi connectivity index (χ4v) is 2.54. The average Bonchev–Trinajstić information content (AvgIpc) is 2.83. The number of benzene rings is 2. The first-order valence-electron chi connectivity index (χ1n) is 6.88. The lowest BCUT2D eigenvalue weighted by Gasteiger charge is -2.07. The Balaban J connectivity index is 2.18. The molecule has 0 unspecified atom stereocenters. The van der Waals surface area contributed by atoms with Crippen LogP contribution in [0, 0.1) is 13.8 Å². The third-order valence-corrected chi connectivity index (χ3v) is 3.36. The van der Waals surface area contributed by atoms with Gasteiger partial charge in [-0.25, -0.2) is 4.98 Å². The number of imidazole rings is 1. The molecule has 102 valence electrons. The fraction of sp³-hybridized carbons (Fsp3) is 0.235. The Labute approximate surface area is 118 Å². The smallest absolute Gasteiger partial charge is 0.142 e. The van der Waals surface area contributed by atoms with Crippen molar-refractivity contribution in [3.05, 3.63) is 47.5 Å². The lowest BCUT2D eigenvalue weighted by atomic mass is 10.1. The molecule has 0 bridgehead atoms. The number of aromatic nitrogens is 2. The van der Waals surface area contributed by atoms with Gasteiger partial charge >= 0.3 is 0 Å². The van der Waals surface area contributed by atoms with Crippen molar-refractivity contribution < 1.29 is 4.74 Å². The summed E-state index contributed by atoms with van der Waals surface area (Å²) in [6.07, 6.45) is 0. The number of hydrogen-bond acceptors (Lipinski definition) is 2. The highest BCUT2D eigenvalue weighted by atomic mass is 16.5. The summed E-state index contributed by atoms with van der Waals surface area (Å²) in [6.45, 7) is 6.83. The van der Waals surface area contributed by atoms with Crippen LogP contribution in [0.5, 0.6) is 5.75 Å². The number of rotatable bonds is 3. The molecule has 1 heterocycles. The fourth-order valence-electron chi connectivity index (χ4n) is 2.54. The van der Waals surface area contributed by atoms with Crippen LogP contribution in [0.25, 0.3) is 22.4 Å². The largest absolute Gasteiger partial charge is 0.493 e. The molecule has 1 N–H and O–H groups in total. The van der Waals surface area contributed by atoms with Crippen LogP contribution < -0.4 is 4.74 Å². The normalized spacial score (nSPS) is 10.9. The molecule has 0 amide bonds. The van der Waals surface area contributed by atoms with Crippen molar-refractivity contribution in [2.75, 3.05) is 6.61 Å². The van der Waals surface area contributed by atoms with Gasteiger partial charge in [-0.15, -0.1) is 0 Å². The van der Waals surface area contributed by atoms with Crippen LogP contribution in [0.2, 0.25) is 0 Å². The SMILES string of the molecule is CCOc1ccccc1-c1nc2c(C)cc(C)cc2[nH]1. The van der Waals surface area contributed by atoms with Gasteiger partial charge in [0.25, 0.3) is 0 Å². The number of aromatic amines is 1. The molecule has 2 aromatic carbocycles. The number of fused-ring (bicyclic) bond motifs is 1. The molecule has 3 aromatic rings. The highest BCUT2D eigenvalue weighted by molar-refractivity contribution is 5.83. The molecule has 0 saturated heterocycles. The van der Waals surface area contributed by atoms with E-state index in [1.807, 2.05) is 31.2 Å². The summed E-state index contributed by atoms with van der Waals surface area (Å²) in [5.41, 5.74) is 5.53. The minimum atomic E-state index is 0.648. The molecule has 0 atom stereocenters. The Bertz CT molecular complexity index is 759. The van der Waals surface area contributed by atoms with Crippen LogP contribution in [0.3, 0.4) is 0 Å². The minimum absolute atomic E-state index is 0.648. The number of nitrogens with one attached hydrogen (secondary N) is 1. The third kappa shape index (κ3) is 2.16. The molecule has 3 nitrogen and oxygen atoms in total. The summed E-state index contributed by atoms with van der Waals surface area (Å²) in [6, 6.07) is 12.3. The van der Waals surface area contributed by atoms with Gasteiger partial charge in [0.05, 0.1) is 23.2 Å². The van der Waals surface area contributed by atoms with E-state index in [0.29, 0.717) is 6.61 Å². The summed E-state index contributed by atoms with van der Waals surface area (Å²) in [7, 11) is 0. The highest BCUT2D eigenvalue weighted by Gasteiger charge is 2.11. The van der Waals surface area contributed by atoms with E-state index in [-0.39, 0.29) is 0 Å². The lowest BCUT2D eigenvalue weighted by molar-refractivity contribution is 0.341. The Morgan fingerprint density at radius 3 is 2.75 bits per heavy atom. The van der Waals surface area contributed by atoms with Crippen LogP contribution in [0.15, 0.2) is 36.4 Å². The molecule has 0 fully saturated rings. The van der Waals surface area contributed by atoms with Gasteiger partial charge in [-0.2, -0.15) is 0 Å². The number of H-pyrrole nitrogens is 1. The van der Waals surface area contributed by atoms with Gasteiger partial charge in [0.15, 0.2) is 0 Å². The molecule has 1 aromatic heterocycles. The average molecular weight is 266 g/mol. The Morgan fingerprint density at radius 1 is 1.15 bits per heavy atom. The summed E-state index contributed by atoms with van der Waals surface area (Å²) in [5, 5.41) is 0. The van der Waals surface area contributed by atoms with E-state index < -0.39 is 0 Å². The number of ether oxygens (including phenoxy) is 1. The zero-order chi connectivity index (χ0) is 14.1. The van der Waals surface area contributed by atoms with Gasteiger partial charge in [0.1, 0.15) is 11.6 Å². The molecule has 0 aliphatic heterocycles. The lowest BCUT2D eigenvalue weighted by Crippen LogP contribution is -1.94. The highest BCUT2D eigenvalue weighted by Crippen LogP contribution is 2.30. The van der Waals surface area contributed by atoms with Crippen molar-refractivity contribution in [1.82, 2.24) is 9.97 Å². The second kappa shape index (κ2) is 5.00. The second-order valence-electron chi connectivity index (χ2n) is 4.99. The van der Waals surface area contributed by atoms with Crippen LogP contribution in [0.1, 0.15) is 18.1 Å². The first-order valence-corrected chi connectivity index (χ1v) is 6.88. The molecular weight excluding hydrogens is 248 g/mol. The van der Waals surface area contributed by atoms with E-state index in [9.17, 15) is 0 Å². The van der Waals surface area contributed by atoms with Crippen molar-refractivity contribution in [3.63, 3.8) is 0 Å². The maximum Gasteiger partial charge on any atom is 0.142 e. The Kier molecular flexibility index (Phi) is 3.18. The van der Waals surface area contributed by atoms with Crippen molar-refractivity contribution in [2.24, 2.45) is 0 Å². The number of para-hydroxylation sites is 1. The van der Waals surface area contributed by atoms with E-state index in [0.717, 1.165) is 28.2 Å². The van der Waals surface area contributed by atoms with E-state index >= 15 is 0 Å². The van der Waals surface area contributed by atoms with Crippen molar-refractivity contribution in [2.45, 2.75) is 20.8 Å². The predicted octanol–water partition coefficient (Wildman–Crippen LogP) is 4.25. The maximum atomic E-state index is 5.68. The number of aryl methyl sites for hydroxylation is 2. The molecule has 0 spiro atoms. The van der Waals surface area contributed by atoms with Gasteiger partial charge in [0, 0.05) is 0 Å². The molecule has 3 rings (SSSR count). The maximum absolute atomic E-state index is 5.68. The van der Waals surface area contributed by atoms with Crippen LogP contribution in [-0.4, -0.2) is 16.6 Å². The van der Waals surface area contributed by atoms with Crippen LogP contribution >= 0.6 is 0 Å². The van der Waals surface area contributed by atoms with Crippen molar-refractivity contribution >= 4 is 11.0 Å². The number of hydrogen-bond donors (Lipinski definition) is 1. The van der Waals surface area contributed by atoms with Crippen LogP contribution in [0.4, 0.5) is 0 Å². The third-order valence-electron chi connectivity index (χ3n) is 3.36. The molecular formula is C17H18N2O. The summed E-state index contributed by atoms with van der Waals surface area (Å²) < 4.78 is 5.68. The minimum Gasteiger partial charge on any atom is -0.493 e. The molecule has 3 heteroatoms. The first-order chi connectivity index (χ1) is 9.69. The number of nitrogens with zero attached hydrogens (tertiary/aromatic N) is 1. The van der Waals surface area contributed by atoms with E-state index in [4.69, 9.17) is 9.72 Å². The quantitative estimate of drug-likeness (QED) is 0.769. The summed E-state index contributed by atoms with van der Waals surface area (Å²) in [5.74, 6) is 1.72. The molecule has 0 aliphatic carbocycles. The standard InChI is InChI=1S/C17H18N2O/c1-4-20-15-8-6-5-7-13(15)17-18-14-10-11(2)9-12(3)16(14)19-17/h5-10H,4H2,1-3H3,(H,18,19). The Morgan fingerprint density at radius 2 is 1.95 bits per heavy atom. The monoisotopic (exact) mass is 266 g/mol. The summed E-state index contributed by atoms with van der Waals surface area (Å²) in [4.78, 5) is 8.13. The van der Waals surface area contributed by atoms with Crippen molar-refractivity contribution in [1.29, 1.82) is 0 Å². The second-order valence-corrected chi connectivity index (χ2v) is 4.99. The zero-order valence-electron chi connectivity index (χ0n) is 12.0. The van der Waals surface area contributed by atoms with E-state index in [1.54, 1.807) is 0 Å². The topological polar surface area (TPSA) is 37.9 Å². The van der Waals surface area contributed by atoms with Gasteiger partial charge in [-0.3, -0.25) is 0 Å². The van der Waals surface area contributed by atoms with Crippen molar-refractivity contribution in [3.8, 4) is 17.1 Å². The Hall–Kier alpha value is -2.29. The first kappa shape index (κ1) is 12.7. The molecule has 20 heavy (non-hydrogen) atoms. The van der Waals surface area contributed by atoms with Gasteiger partial charge in [0.2, 0.25) is 0 Å². The molecule has 0 aliphatic rings. The summed E-state index contributed by atoms with van der Waals surface area (Å²) >= 11 is 0. The molecule has 0 saturated carbocycles. The van der Waals surface area contributed by atoms with E-state index in [2.05, 4.69) is 31.0 Å². The van der Waals surface area contributed by atoms with E-state index in [1.165, 1.54) is 11.1 Å². The van der Waals surface area contributed by atoms with Crippen LogP contribution in [-0.2, 0) is 0 Å². The van der Waals surface area contributed by atoms with Gasteiger partial charge in [-0.05, 0) is 50.1 Å². The zero-order valence-corrected chi connectivity index (χ0v) is 12.0. The van der Waals surface area contributed by atoms with Gasteiger partial charge in [-0.1, -0.05) is 18.2 Å².